The molecule has 1 heterocycles. The fraction of sp³-hybridized carbons (Fsp3) is 0.269. The van der Waals surface area contributed by atoms with Gasteiger partial charge in [-0.1, -0.05) is 55.5 Å². The zero-order valence-corrected chi connectivity index (χ0v) is 18.7. The van der Waals surface area contributed by atoms with E-state index in [2.05, 4.69) is 34.9 Å². The van der Waals surface area contributed by atoms with Crippen LogP contribution >= 0.6 is 0 Å². The van der Waals surface area contributed by atoms with Crippen molar-refractivity contribution in [1.82, 2.24) is 10.6 Å². The Labute approximate surface area is 196 Å². The summed E-state index contributed by atoms with van der Waals surface area (Å²) in [5, 5.41) is 14.1. The summed E-state index contributed by atoms with van der Waals surface area (Å²) in [5.74, 6) is -1.43. The summed E-state index contributed by atoms with van der Waals surface area (Å²) < 4.78 is 11.0. The van der Waals surface area contributed by atoms with E-state index in [4.69, 9.17) is 14.3 Å². The molecule has 0 saturated heterocycles. The topological polar surface area (TPSA) is 118 Å². The molecular weight excluding hydrogens is 436 g/mol. The van der Waals surface area contributed by atoms with E-state index >= 15 is 0 Å². The molecule has 0 fully saturated rings. The number of hydrogen-bond donors (Lipinski definition) is 3. The molecule has 3 N–H and O–H groups in total. The molecule has 1 aliphatic carbocycles. The minimum absolute atomic E-state index is 0.0269. The summed E-state index contributed by atoms with van der Waals surface area (Å²) >= 11 is 0. The Morgan fingerprint density at radius 2 is 1.62 bits per heavy atom. The molecular formula is C26H26N2O6. The first-order valence-electron chi connectivity index (χ1n) is 11.1. The van der Waals surface area contributed by atoms with Gasteiger partial charge in [0.2, 0.25) is 0 Å². The second kappa shape index (κ2) is 10.2. The summed E-state index contributed by atoms with van der Waals surface area (Å²) in [6, 6.07) is 19.3. The van der Waals surface area contributed by atoms with Gasteiger partial charge in [0.1, 0.15) is 12.4 Å². The normalized spacial score (nSPS) is 13.0. The Morgan fingerprint density at radius 3 is 2.26 bits per heavy atom. The molecule has 8 heteroatoms. The number of carbonyl (C=O) groups excluding carboxylic acids is 2. The number of hydrogen-bond acceptors (Lipinski definition) is 5. The first-order valence-corrected chi connectivity index (χ1v) is 11.1. The second-order valence-electron chi connectivity index (χ2n) is 8.23. The number of carboxylic acid groups (broad SMARTS) is 1. The third kappa shape index (κ3) is 5.11. The number of benzene rings is 2. The van der Waals surface area contributed by atoms with Crippen molar-refractivity contribution in [3.8, 4) is 11.1 Å². The molecule has 2 aromatic carbocycles. The monoisotopic (exact) mass is 462 g/mol. The molecule has 8 nitrogen and oxygen atoms in total. The largest absolute Gasteiger partial charge is 0.481 e. The Hall–Kier alpha value is -4.07. The molecule has 3 aromatic rings. The molecule has 176 valence electrons. The van der Waals surface area contributed by atoms with Crippen molar-refractivity contribution in [1.29, 1.82) is 0 Å². The van der Waals surface area contributed by atoms with Gasteiger partial charge >= 0.3 is 12.1 Å². The first-order chi connectivity index (χ1) is 16.4. The van der Waals surface area contributed by atoms with Gasteiger partial charge in [-0.15, -0.1) is 0 Å². The molecule has 0 radical (unpaired) electrons. The van der Waals surface area contributed by atoms with Gasteiger partial charge in [-0.3, -0.25) is 9.59 Å². The molecule has 34 heavy (non-hydrogen) atoms. The molecule has 0 bridgehead atoms. The van der Waals surface area contributed by atoms with Crippen molar-refractivity contribution in [2.24, 2.45) is 5.92 Å². The summed E-state index contributed by atoms with van der Waals surface area (Å²) in [6.07, 6.45) is -0.259. The standard InChI is InChI=1S/C26H26N2O6/c1-16(25(30)31)12-13-27-24(29)23-11-10-17(34-23)14-28-26(32)33-15-22-20-8-4-2-6-18(20)19-7-3-5-9-21(19)22/h2-11,16,22H,12-15H2,1H3,(H,27,29)(H,28,32)(H,30,31). The van der Waals surface area contributed by atoms with E-state index in [0.29, 0.717) is 12.2 Å². The minimum Gasteiger partial charge on any atom is -0.481 e. The predicted molar refractivity (Wildman–Crippen MR) is 124 cm³/mol. The minimum atomic E-state index is -0.908. The van der Waals surface area contributed by atoms with Crippen molar-refractivity contribution >= 4 is 18.0 Å². The highest BCUT2D eigenvalue weighted by Gasteiger charge is 2.29. The number of aliphatic carboxylic acids is 1. The average molecular weight is 463 g/mol. The van der Waals surface area contributed by atoms with Crippen LogP contribution in [0.15, 0.2) is 65.1 Å². The van der Waals surface area contributed by atoms with E-state index in [-0.39, 0.29) is 31.4 Å². The maximum absolute atomic E-state index is 12.3. The summed E-state index contributed by atoms with van der Waals surface area (Å²) in [5.41, 5.74) is 4.59. The zero-order valence-electron chi connectivity index (χ0n) is 18.7. The van der Waals surface area contributed by atoms with Crippen LogP contribution in [0.1, 0.15) is 46.7 Å². The van der Waals surface area contributed by atoms with Crippen LogP contribution in [0.5, 0.6) is 0 Å². The van der Waals surface area contributed by atoms with Crippen LogP contribution < -0.4 is 10.6 Å². The number of ether oxygens (including phenoxy) is 1. The van der Waals surface area contributed by atoms with Crippen molar-refractivity contribution in [2.75, 3.05) is 13.2 Å². The number of carbonyl (C=O) groups is 3. The number of rotatable bonds is 9. The van der Waals surface area contributed by atoms with Crippen LogP contribution in [-0.2, 0) is 16.1 Å². The molecule has 2 amide bonds. The molecule has 0 spiro atoms. The van der Waals surface area contributed by atoms with Gasteiger partial charge in [0, 0.05) is 12.5 Å². The highest BCUT2D eigenvalue weighted by atomic mass is 16.5. The number of fused-ring (bicyclic) bond motifs is 3. The second-order valence-corrected chi connectivity index (χ2v) is 8.23. The van der Waals surface area contributed by atoms with Gasteiger partial charge in [0.25, 0.3) is 5.91 Å². The van der Waals surface area contributed by atoms with Gasteiger partial charge in [0.05, 0.1) is 12.5 Å². The van der Waals surface area contributed by atoms with Crippen molar-refractivity contribution < 1.29 is 28.6 Å². The maximum Gasteiger partial charge on any atom is 0.407 e. The van der Waals surface area contributed by atoms with Crippen molar-refractivity contribution in [2.45, 2.75) is 25.8 Å². The molecule has 4 rings (SSSR count). The Kier molecular flexibility index (Phi) is 6.96. The van der Waals surface area contributed by atoms with Crippen LogP contribution in [0.2, 0.25) is 0 Å². The Morgan fingerprint density at radius 1 is 0.971 bits per heavy atom. The van der Waals surface area contributed by atoms with Crippen LogP contribution in [0.25, 0.3) is 11.1 Å². The smallest absolute Gasteiger partial charge is 0.407 e. The highest BCUT2D eigenvalue weighted by molar-refractivity contribution is 5.91. The average Bonchev–Trinajstić information content (AvgIpc) is 3.44. The molecule has 1 atom stereocenters. The van der Waals surface area contributed by atoms with Crippen LogP contribution in [0.4, 0.5) is 4.79 Å². The number of carboxylic acids is 1. The van der Waals surface area contributed by atoms with E-state index in [9.17, 15) is 14.4 Å². The number of alkyl carbamates (subject to hydrolysis) is 1. The van der Waals surface area contributed by atoms with E-state index in [1.165, 1.54) is 6.07 Å². The van der Waals surface area contributed by atoms with E-state index in [1.807, 2.05) is 24.3 Å². The molecule has 1 aromatic heterocycles. The van der Waals surface area contributed by atoms with Gasteiger partial charge in [0.15, 0.2) is 5.76 Å². The van der Waals surface area contributed by atoms with Gasteiger partial charge in [-0.05, 0) is 40.8 Å². The van der Waals surface area contributed by atoms with Crippen LogP contribution in [0.3, 0.4) is 0 Å². The highest BCUT2D eigenvalue weighted by Crippen LogP contribution is 2.44. The number of nitrogens with one attached hydrogen (secondary N) is 2. The maximum atomic E-state index is 12.3. The van der Waals surface area contributed by atoms with E-state index in [0.717, 1.165) is 22.3 Å². The Balaban J connectivity index is 1.26. The lowest BCUT2D eigenvalue weighted by molar-refractivity contribution is -0.141. The lowest BCUT2D eigenvalue weighted by atomic mass is 9.98. The zero-order chi connectivity index (χ0) is 24.1. The van der Waals surface area contributed by atoms with E-state index in [1.54, 1.807) is 13.0 Å². The van der Waals surface area contributed by atoms with Crippen molar-refractivity contribution in [3.63, 3.8) is 0 Å². The first kappa shape index (κ1) is 23.1. The van der Waals surface area contributed by atoms with Gasteiger partial charge in [-0.2, -0.15) is 0 Å². The molecule has 0 saturated carbocycles. The molecule has 1 unspecified atom stereocenters. The van der Waals surface area contributed by atoms with E-state index < -0.39 is 23.9 Å². The van der Waals surface area contributed by atoms with Crippen molar-refractivity contribution in [3.05, 3.63) is 83.3 Å². The van der Waals surface area contributed by atoms with Gasteiger partial charge < -0.3 is 24.9 Å². The number of furan rings is 1. The molecule has 0 aliphatic heterocycles. The predicted octanol–water partition coefficient (Wildman–Crippen LogP) is 4.16. The summed E-state index contributed by atoms with van der Waals surface area (Å²) in [7, 11) is 0. The van der Waals surface area contributed by atoms with Gasteiger partial charge in [-0.25, -0.2) is 4.79 Å². The third-order valence-electron chi connectivity index (χ3n) is 5.92. The fourth-order valence-corrected chi connectivity index (χ4v) is 4.02. The SMILES string of the molecule is CC(CCNC(=O)c1ccc(CNC(=O)OCC2c3ccccc3-c3ccccc32)o1)C(=O)O. The Bertz CT molecular complexity index is 1160. The number of amides is 2. The summed E-state index contributed by atoms with van der Waals surface area (Å²) in [6.45, 7) is 2.08. The van der Waals surface area contributed by atoms with Crippen LogP contribution in [-0.4, -0.2) is 36.2 Å². The summed E-state index contributed by atoms with van der Waals surface area (Å²) in [4.78, 5) is 35.3. The fourth-order valence-electron chi connectivity index (χ4n) is 4.02. The third-order valence-corrected chi connectivity index (χ3v) is 5.92. The molecule has 1 aliphatic rings. The lowest BCUT2D eigenvalue weighted by Crippen LogP contribution is -2.27. The van der Waals surface area contributed by atoms with Crippen LogP contribution in [0, 0.1) is 5.92 Å². The quantitative estimate of drug-likeness (QED) is 0.440. The lowest BCUT2D eigenvalue weighted by Gasteiger charge is -2.14.